The zero-order valence-electron chi connectivity index (χ0n) is 32.0. The van der Waals surface area contributed by atoms with Crippen LogP contribution in [0.25, 0.3) is 55.3 Å². The molecule has 8 aromatic carbocycles. The molecule has 0 spiro atoms. The van der Waals surface area contributed by atoms with Crippen LogP contribution in [-0.4, -0.2) is 0 Å². The monoisotopic (exact) mass is 643 g/mol. The molecule has 0 heterocycles. The molecule has 0 bridgehead atoms. The van der Waals surface area contributed by atoms with E-state index >= 15 is 0 Å². The van der Waals surface area contributed by atoms with Crippen molar-refractivity contribution < 1.29 is 5.48 Å². The molecule has 1 aliphatic carbocycles. The molecule has 1 heteroatoms. The summed E-state index contributed by atoms with van der Waals surface area (Å²) in [6.45, 7) is 4.47. The number of benzene rings is 8. The Kier molecular flexibility index (Phi) is 6.22. The Bertz CT molecular complexity index is 2680. The van der Waals surface area contributed by atoms with Gasteiger partial charge in [0.2, 0.25) is 0 Å². The van der Waals surface area contributed by atoms with Crippen molar-refractivity contribution in [3.63, 3.8) is 0 Å². The summed E-state index contributed by atoms with van der Waals surface area (Å²) in [6.07, 6.45) is 0. The summed E-state index contributed by atoms with van der Waals surface area (Å²) in [4.78, 5) is 1.94. The lowest BCUT2D eigenvalue weighted by atomic mass is 9.82. The molecule has 9 rings (SSSR count). The third-order valence-corrected chi connectivity index (χ3v) is 10.2. The SMILES string of the molecule is [2H]c1c([2H])c(N(c2ccc(-c3ccc(-c4ccccc4)cc3)cc2)c2cccc3c2-c2ccccc2C3(C)C)c([2H])c([2H])c1-c1cccc2ccccc12. The quantitative estimate of drug-likeness (QED) is 0.174. The van der Waals surface area contributed by atoms with Crippen LogP contribution in [0.3, 0.4) is 0 Å². The van der Waals surface area contributed by atoms with Gasteiger partial charge in [-0.2, -0.15) is 0 Å². The number of hydrogen-bond donors (Lipinski definition) is 0. The minimum Gasteiger partial charge on any atom is -0.310 e. The summed E-state index contributed by atoms with van der Waals surface area (Å²) in [5.74, 6) is 0. The molecule has 0 amide bonds. The van der Waals surface area contributed by atoms with E-state index in [4.69, 9.17) is 0 Å². The summed E-state index contributed by atoms with van der Waals surface area (Å²) < 4.78 is 38.1. The van der Waals surface area contributed by atoms with Crippen LogP contribution in [0.15, 0.2) is 188 Å². The summed E-state index contributed by atoms with van der Waals surface area (Å²) in [7, 11) is 0. The standard InChI is InChI=1S/C49H37N/c1-49(2)45-19-9-8-17-44(45)48-46(49)20-11-21-47(48)50(41-32-28-39(29-33-41)43-18-10-15-38-14-6-7-16-42(38)43)40-30-26-37(27-31-40)36-24-22-35(23-25-36)34-12-4-3-5-13-34/h3-33H,1-2H3/i28D,29D,32D,33D. The van der Waals surface area contributed by atoms with Crippen LogP contribution in [-0.2, 0) is 5.41 Å². The van der Waals surface area contributed by atoms with Crippen molar-refractivity contribution >= 4 is 27.8 Å². The van der Waals surface area contributed by atoms with Crippen molar-refractivity contribution in [3.8, 4) is 44.5 Å². The van der Waals surface area contributed by atoms with Gasteiger partial charge in [-0.3, -0.25) is 0 Å². The first-order valence-corrected chi connectivity index (χ1v) is 17.1. The van der Waals surface area contributed by atoms with Gasteiger partial charge in [0.25, 0.3) is 0 Å². The lowest BCUT2D eigenvalue weighted by Gasteiger charge is -2.29. The van der Waals surface area contributed by atoms with Gasteiger partial charge in [0.15, 0.2) is 0 Å². The zero-order valence-corrected chi connectivity index (χ0v) is 28.0. The second-order valence-electron chi connectivity index (χ2n) is 13.4. The van der Waals surface area contributed by atoms with E-state index in [2.05, 4.69) is 92.7 Å². The molecule has 0 aromatic heterocycles. The molecule has 238 valence electrons. The molecular weight excluding hydrogens is 603 g/mol. The zero-order chi connectivity index (χ0) is 37.1. The average molecular weight is 644 g/mol. The number of fused-ring (bicyclic) bond motifs is 4. The normalized spacial score (nSPS) is 13.9. The lowest BCUT2D eigenvalue weighted by Crippen LogP contribution is -2.16. The molecule has 0 atom stereocenters. The van der Waals surface area contributed by atoms with Gasteiger partial charge in [-0.05, 0) is 91.1 Å². The van der Waals surface area contributed by atoms with E-state index in [9.17, 15) is 5.48 Å². The van der Waals surface area contributed by atoms with E-state index in [1.54, 1.807) is 0 Å². The van der Waals surface area contributed by atoms with E-state index in [0.717, 1.165) is 55.5 Å². The summed E-state index contributed by atoms with van der Waals surface area (Å²) >= 11 is 0. The number of rotatable bonds is 6. The number of anilines is 3. The van der Waals surface area contributed by atoms with Gasteiger partial charge in [0.05, 0.1) is 11.2 Å². The summed E-state index contributed by atoms with van der Waals surface area (Å²) in [6, 6.07) is 55.1. The van der Waals surface area contributed by atoms with Crippen LogP contribution in [0.5, 0.6) is 0 Å². The van der Waals surface area contributed by atoms with Gasteiger partial charge in [0.1, 0.15) is 0 Å². The van der Waals surface area contributed by atoms with Crippen molar-refractivity contribution in [2.45, 2.75) is 19.3 Å². The highest BCUT2D eigenvalue weighted by Gasteiger charge is 2.37. The molecule has 0 saturated carbocycles. The largest absolute Gasteiger partial charge is 0.310 e. The van der Waals surface area contributed by atoms with E-state index in [-0.39, 0.29) is 35.3 Å². The first-order valence-electron chi connectivity index (χ1n) is 19.1. The average Bonchev–Trinajstić information content (AvgIpc) is 3.45. The van der Waals surface area contributed by atoms with Gasteiger partial charge < -0.3 is 4.90 Å². The van der Waals surface area contributed by atoms with E-state index in [1.165, 1.54) is 11.1 Å². The minimum absolute atomic E-state index is 0.0733. The third-order valence-electron chi connectivity index (χ3n) is 10.2. The minimum atomic E-state index is -0.268. The van der Waals surface area contributed by atoms with Crippen LogP contribution in [0, 0.1) is 0 Å². The van der Waals surface area contributed by atoms with Crippen LogP contribution in [0.4, 0.5) is 17.1 Å². The molecule has 0 fully saturated rings. The molecule has 0 N–H and O–H groups in total. The third kappa shape index (κ3) is 5.02. The molecule has 0 unspecified atom stereocenters. The predicted octanol–water partition coefficient (Wildman–Crippen LogP) is 13.6. The highest BCUT2D eigenvalue weighted by molar-refractivity contribution is 5.98. The topological polar surface area (TPSA) is 3.24 Å². The molecule has 0 aliphatic heterocycles. The van der Waals surface area contributed by atoms with Gasteiger partial charge in [-0.1, -0.05) is 172 Å². The van der Waals surface area contributed by atoms with Crippen molar-refractivity contribution in [2.24, 2.45) is 0 Å². The Hall–Kier alpha value is -6.18. The van der Waals surface area contributed by atoms with Crippen LogP contribution >= 0.6 is 0 Å². The van der Waals surface area contributed by atoms with Gasteiger partial charge in [-0.25, -0.2) is 0 Å². The molecule has 1 nitrogen and oxygen atoms in total. The Balaban J connectivity index is 1.24. The summed E-state index contributed by atoms with van der Waals surface area (Å²) in [5.41, 5.74) is 11.4. The van der Waals surface area contributed by atoms with E-state index < -0.39 is 0 Å². The smallest absolute Gasteiger partial charge is 0.0645 e. The van der Waals surface area contributed by atoms with E-state index in [0.29, 0.717) is 11.1 Å². The fourth-order valence-corrected chi connectivity index (χ4v) is 7.59. The summed E-state index contributed by atoms with van der Waals surface area (Å²) in [5, 5.41) is 1.87. The highest BCUT2D eigenvalue weighted by Crippen LogP contribution is 2.54. The molecule has 8 aromatic rings. The molecule has 50 heavy (non-hydrogen) atoms. The maximum absolute atomic E-state index is 9.62. The van der Waals surface area contributed by atoms with Crippen LogP contribution in [0.1, 0.15) is 30.5 Å². The predicted molar refractivity (Wildman–Crippen MR) is 213 cm³/mol. The highest BCUT2D eigenvalue weighted by atomic mass is 15.1. The molecule has 0 saturated heterocycles. The van der Waals surface area contributed by atoms with Crippen molar-refractivity contribution in [2.75, 3.05) is 4.90 Å². The lowest BCUT2D eigenvalue weighted by molar-refractivity contribution is 0.660. The molecule has 0 radical (unpaired) electrons. The van der Waals surface area contributed by atoms with Gasteiger partial charge in [0, 0.05) is 22.4 Å². The second kappa shape index (κ2) is 12.1. The van der Waals surface area contributed by atoms with E-state index in [1.807, 2.05) is 89.8 Å². The fraction of sp³-hybridized carbons (Fsp3) is 0.0612. The van der Waals surface area contributed by atoms with Gasteiger partial charge in [-0.15, -0.1) is 0 Å². The maximum atomic E-state index is 9.62. The molecular formula is C49H37N. The second-order valence-corrected chi connectivity index (χ2v) is 13.4. The van der Waals surface area contributed by atoms with Crippen LogP contribution < -0.4 is 4.90 Å². The Labute approximate surface area is 300 Å². The maximum Gasteiger partial charge on any atom is 0.0645 e. The molecule has 1 aliphatic rings. The number of hydrogen-bond acceptors (Lipinski definition) is 1. The number of nitrogens with zero attached hydrogens (tertiary/aromatic N) is 1. The van der Waals surface area contributed by atoms with Crippen molar-refractivity contribution in [1.29, 1.82) is 0 Å². The first kappa shape index (κ1) is 25.8. The van der Waals surface area contributed by atoms with Gasteiger partial charge >= 0.3 is 0 Å². The Morgan fingerprint density at radius 2 is 0.960 bits per heavy atom. The fourth-order valence-electron chi connectivity index (χ4n) is 7.59. The Morgan fingerprint density at radius 3 is 1.70 bits per heavy atom. The first-order chi connectivity index (χ1) is 26.2. The van der Waals surface area contributed by atoms with Crippen molar-refractivity contribution in [3.05, 3.63) is 199 Å². The Morgan fingerprint density at radius 1 is 0.420 bits per heavy atom. The van der Waals surface area contributed by atoms with Crippen LogP contribution in [0.2, 0.25) is 0 Å². The van der Waals surface area contributed by atoms with Crippen molar-refractivity contribution in [1.82, 2.24) is 0 Å².